The molecule has 0 radical (unpaired) electrons. The number of anilines is 1. The molecule has 0 saturated heterocycles. The summed E-state index contributed by atoms with van der Waals surface area (Å²) < 4.78 is 5.32. The summed E-state index contributed by atoms with van der Waals surface area (Å²) in [6.07, 6.45) is 0.943. The first-order valence-corrected chi connectivity index (χ1v) is 8.75. The van der Waals surface area contributed by atoms with Gasteiger partial charge in [0.1, 0.15) is 10.8 Å². The lowest BCUT2D eigenvalue weighted by atomic mass is 10.1. The predicted octanol–water partition coefficient (Wildman–Crippen LogP) is 3.63. The molecule has 0 spiro atoms. The van der Waals surface area contributed by atoms with Crippen LogP contribution in [0, 0.1) is 6.92 Å². The molecule has 6 heteroatoms. The number of ether oxygens (including phenoxy) is 1. The lowest BCUT2D eigenvalue weighted by Gasteiger charge is -2.08. The van der Waals surface area contributed by atoms with Gasteiger partial charge in [0.15, 0.2) is 0 Å². The molecular formula is C19H19N3O2S. The van der Waals surface area contributed by atoms with Crippen LogP contribution < -0.4 is 10.1 Å². The predicted molar refractivity (Wildman–Crippen MR) is 99.2 cm³/mol. The number of carbonyl (C=O) groups excluding carboxylic acids is 1. The average molecular weight is 353 g/mol. The van der Waals surface area contributed by atoms with E-state index in [4.69, 9.17) is 4.74 Å². The van der Waals surface area contributed by atoms with E-state index in [-0.39, 0.29) is 12.3 Å². The van der Waals surface area contributed by atoms with Crippen molar-refractivity contribution < 1.29 is 9.53 Å². The molecule has 0 aliphatic carbocycles. The van der Waals surface area contributed by atoms with Gasteiger partial charge in [0, 0.05) is 12.0 Å². The standard InChI is InChI=1S/C19H19N3O2S/c1-13-8-9-16(24-2)15(10-13)12-17(23)20-19-22-21-18(25-19)11-14-6-4-3-5-7-14/h3-10H,11-12H2,1-2H3,(H,20,22,23). The van der Waals surface area contributed by atoms with Gasteiger partial charge in [-0.1, -0.05) is 59.4 Å². The topological polar surface area (TPSA) is 64.1 Å². The van der Waals surface area contributed by atoms with Crippen molar-refractivity contribution in [2.45, 2.75) is 19.8 Å². The van der Waals surface area contributed by atoms with Gasteiger partial charge in [-0.25, -0.2) is 0 Å². The van der Waals surface area contributed by atoms with Crippen LogP contribution in [0.15, 0.2) is 48.5 Å². The van der Waals surface area contributed by atoms with E-state index in [2.05, 4.69) is 15.5 Å². The fraction of sp³-hybridized carbons (Fsp3) is 0.211. The molecule has 1 heterocycles. The van der Waals surface area contributed by atoms with Gasteiger partial charge in [-0.3, -0.25) is 4.79 Å². The highest BCUT2D eigenvalue weighted by Gasteiger charge is 2.12. The molecule has 3 rings (SSSR count). The molecule has 0 unspecified atom stereocenters. The van der Waals surface area contributed by atoms with Crippen LogP contribution in [0.1, 0.15) is 21.7 Å². The minimum Gasteiger partial charge on any atom is -0.496 e. The first kappa shape index (κ1) is 17.1. The van der Waals surface area contributed by atoms with Crippen molar-refractivity contribution in [1.82, 2.24) is 10.2 Å². The number of aromatic nitrogens is 2. The Hall–Kier alpha value is -2.73. The molecule has 5 nitrogen and oxygen atoms in total. The van der Waals surface area contributed by atoms with Gasteiger partial charge in [0.05, 0.1) is 13.5 Å². The molecule has 1 amide bonds. The summed E-state index contributed by atoms with van der Waals surface area (Å²) in [6, 6.07) is 15.9. The van der Waals surface area contributed by atoms with Crippen LogP contribution in [0.4, 0.5) is 5.13 Å². The summed E-state index contributed by atoms with van der Waals surface area (Å²) in [7, 11) is 1.60. The molecule has 0 saturated carbocycles. The smallest absolute Gasteiger partial charge is 0.230 e. The minimum absolute atomic E-state index is 0.133. The Bertz CT molecular complexity index is 862. The minimum atomic E-state index is -0.133. The highest BCUT2D eigenvalue weighted by atomic mass is 32.1. The van der Waals surface area contributed by atoms with Gasteiger partial charge in [0.25, 0.3) is 0 Å². The highest BCUT2D eigenvalue weighted by Crippen LogP contribution is 2.22. The van der Waals surface area contributed by atoms with Gasteiger partial charge in [-0.2, -0.15) is 0 Å². The van der Waals surface area contributed by atoms with Gasteiger partial charge >= 0.3 is 0 Å². The number of rotatable bonds is 6. The van der Waals surface area contributed by atoms with E-state index in [1.165, 1.54) is 16.9 Å². The summed E-state index contributed by atoms with van der Waals surface area (Å²) in [4.78, 5) is 12.3. The molecule has 3 aromatic rings. The molecule has 0 aliphatic heterocycles. The van der Waals surface area contributed by atoms with E-state index in [0.29, 0.717) is 17.3 Å². The maximum atomic E-state index is 12.3. The second-order valence-electron chi connectivity index (χ2n) is 5.70. The second kappa shape index (κ2) is 7.90. The number of hydrogen-bond acceptors (Lipinski definition) is 5. The van der Waals surface area contributed by atoms with Crippen molar-refractivity contribution in [2.75, 3.05) is 12.4 Å². The number of methoxy groups -OCH3 is 1. The summed E-state index contributed by atoms with van der Waals surface area (Å²) in [5.74, 6) is 0.578. The third-order valence-electron chi connectivity index (χ3n) is 3.70. The number of hydrogen-bond donors (Lipinski definition) is 1. The van der Waals surface area contributed by atoms with E-state index in [0.717, 1.165) is 16.1 Å². The number of nitrogens with zero attached hydrogens (tertiary/aromatic N) is 2. The summed E-state index contributed by atoms with van der Waals surface area (Å²) in [6.45, 7) is 1.99. The van der Waals surface area contributed by atoms with Crippen LogP contribution in [0.25, 0.3) is 0 Å². The number of aryl methyl sites for hydroxylation is 1. The number of nitrogens with one attached hydrogen (secondary N) is 1. The average Bonchev–Trinajstić information content (AvgIpc) is 3.02. The quantitative estimate of drug-likeness (QED) is 0.735. The van der Waals surface area contributed by atoms with Gasteiger partial charge < -0.3 is 10.1 Å². The molecule has 0 bridgehead atoms. The zero-order valence-electron chi connectivity index (χ0n) is 14.2. The molecular weight excluding hydrogens is 334 g/mol. The van der Waals surface area contributed by atoms with E-state index in [1.54, 1.807) is 7.11 Å². The first-order valence-electron chi connectivity index (χ1n) is 7.93. The van der Waals surface area contributed by atoms with E-state index >= 15 is 0 Å². The highest BCUT2D eigenvalue weighted by molar-refractivity contribution is 7.15. The Morgan fingerprint density at radius 3 is 2.72 bits per heavy atom. The largest absolute Gasteiger partial charge is 0.496 e. The summed E-state index contributed by atoms with van der Waals surface area (Å²) >= 11 is 1.39. The van der Waals surface area contributed by atoms with E-state index in [9.17, 15) is 4.79 Å². The van der Waals surface area contributed by atoms with Gasteiger partial charge in [-0.15, -0.1) is 10.2 Å². The Balaban J connectivity index is 1.63. The molecule has 128 valence electrons. The molecule has 0 atom stereocenters. The first-order chi connectivity index (χ1) is 12.1. The monoisotopic (exact) mass is 353 g/mol. The van der Waals surface area contributed by atoms with E-state index in [1.807, 2.05) is 55.5 Å². The SMILES string of the molecule is COc1ccc(C)cc1CC(=O)Nc1nnc(Cc2ccccc2)s1. The fourth-order valence-electron chi connectivity index (χ4n) is 2.53. The van der Waals surface area contributed by atoms with Crippen molar-refractivity contribution in [3.63, 3.8) is 0 Å². The van der Waals surface area contributed by atoms with Crippen molar-refractivity contribution in [3.8, 4) is 5.75 Å². The Labute approximate surface area is 150 Å². The fourth-order valence-corrected chi connectivity index (χ4v) is 3.32. The van der Waals surface area contributed by atoms with Crippen molar-refractivity contribution in [3.05, 3.63) is 70.2 Å². The normalized spacial score (nSPS) is 10.5. The summed E-state index contributed by atoms with van der Waals surface area (Å²) in [5, 5.41) is 12.4. The Kier molecular flexibility index (Phi) is 5.40. The van der Waals surface area contributed by atoms with Gasteiger partial charge in [-0.05, 0) is 18.6 Å². The number of benzene rings is 2. The molecule has 0 fully saturated rings. The third kappa shape index (κ3) is 4.64. The number of amides is 1. The van der Waals surface area contributed by atoms with E-state index < -0.39 is 0 Å². The zero-order valence-corrected chi connectivity index (χ0v) is 15.0. The molecule has 1 N–H and O–H groups in total. The van der Waals surface area contributed by atoms with Crippen molar-refractivity contribution >= 4 is 22.4 Å². The maximum absolute atomic E-state index is 12.3. The van der Waals surface area contributed by atoms with Crippen LogP contribution in [0.5, 0.6) is 5.75 Å². The van der Waals surface area contributed by atoms with Crippen molar-refractivity contribution in [2.24, 2.45) is 0 Å². The van der Waals surface area contributed by atoms with Crippen LogP contribution in [0.3, 0.4) is 0 Å². The lowest BCUT2D eigenvalue weighted by molar-refractivity contribution is -0.115. The van der Waals surface area contributed by atoms with Gasteiger partial charge in [0.2, 0.25) is 11.0 Å². The Morgan fingerprint density at radius 1 is 1.16 bits per heavy atom. The van der Waals surface area contributed by atoms with Crippen LogP contribution >= 0.6 is 11.3 Å². The third-order valence-corrected chi connectivity index (χ3v) is 4.54. The molecule has 2 aromatic carbocycles. The van der Waals surface area contributed by atoms with Crippen molar-refractivity contribution in [1.29, 1.82) is 0 Å². The summed E-state index contributed by atoms with van der Waals surface area (Å²) in [5.41, 5.74) is 3.11. The van der Waals surface area contributed by atoms with Crippen LogP contribution in [-0.4, -0.2) is 23.2 Å². The van der Waals surface area contributed by atoms with Crippen LogP contribution in [-0.2, 0) is 17.6 Å². The van der Waals surface area contributed by atoms with Crippen LogP contribution in [0.2, 0.25) is 0 Å². The lowest BCUT2D eigenvalue weighted by Crippen LogP contribution is -2.14. The second-order valence-corrected chi connectivity index (χ2v) is 6.77. The Morgan fingerprint density at radius 2 is 1.96 bits per heavy atom. The molecule has 0 aliphatic rings. The molecule has 25 heavy (non-hydrogen) atoms. The number of carbonyl (C=O) groups is 1. The zero-order chi connectivity index (χ0) is 17.6. The molecule has 1 aromatic heterocycles. The maximum Gasteiger partial charge on any atom is 0.230 e.